The van der Waals surface area contributed by atoms with Crippen LogP contribution >= 0.6 is 0 Å². The average molecular weight is 667 g/mol. The number of nitrogens with zero attached hydrogens (tertiary/aromatic N) is 2. The average Bonchev–Trinajstić information content (AvgIpc) is 3.54. The molecule has 0 spiro atoms. The summed E-state index contributed by atoms with van der Waals surface area (Å²) in [5.41, 5.74) is 16.6. The second kappa shape index (κ2) is 13.2. The minimum Gasteiger partial charge on any atom is -0.310 e. The fourth-order valence-corrected chi connectivity index (χ4v) is 7.78. The Bertz CT molecular complexity index is 2570. The molecule has 0 N–H and O–H groups in total. The van der Waals surface area contributed by atoms with E-state index in [4.69, 9.17) is 0 Å². The van der Waals surface area contributed by atoms with Gasteiger partial charge in [-0.3, -0.25) is 0 Å². The SMILES string of the molecule is Cc1cc(C)cc(-c2ccccc2-n2c3ccccc3c3c(N(c4ccc(-c5ccccc5)cc4)c4ccc(-c5ccccc5)cc4)cccc32)c1. The van der Waals surface area contributed by atoms with E-state index in [1.165, 1.54) is 72.0 Å². The number of aryl methyl sites for hydroxylation is 2. The summed E-state index contributed by atoms with van der Waals surface area (Å²) >= 11 is 0. The summed E-state index contributed by atoms with van der Waals surface area (Å²) in [6, 6.07) is 70.4. The van der Waals surface area contributed by atoms with E-state index in [9.17, 15) is 0 Å². The fourth-order valence-electron chi connectivity index (χ4n) is 7.78. The lowest BCUT2D eigenvalue weighted by atomic mass is 9.99. The lowest BCUT2D eigenvalue weighted by Gasteiger charge is -2.27. The monoisotopic (exact) mass is 666 g/mol. The molecule has 1 heterocycles. The van der Waals surface area contributed by atoms with Gasteiger partial charge in [-0.1, -0.05) is 157 Å². The minimum absolute atomic E-state index is 1.10. The molecule has 0 aliphatic rings. The van der Waals surface area contributed by atoms with Gasteiger partial charge >= 0.3 is 0 Å². The lowest BCUT2D eigenvalue weighted by molar-refractivity contribution is 1.18. The normalized spacial score (nSPS) is 11.3. The highest BCUT2D eigenvalue weighted by Crippen LogP contribution is 2.45. The molecule has 0 saturated carbocycles. The Hall–Kier alpha value is -6.64. The van der Waals surface area contributed by atoms with Crippen molar-refractivity contribution in [1.82, 2.24) is 4.57 Å². The Morgan fingerprint density at radius 3 is 1.50 bits per heavy atom. The van der Waals surface area contributed by atoms with Crippen LogP contribution in [0.25, 0.3) is 60.9 Å². The Labute approximate surface area is 305 Å². The molecule has 8 aromatic carbocycles. The zero-order valence-corrected chi connectivity index (χ0v) is 29.4. The Kier molecular flexibility index (Phi) is 7.98. The second-order valence-electron chi connectivity index (χ2n) is 13.6. The van der Waals surface area contributed by atoms with Crippen molar-refractivity contribution in [3.8, 4) is 39.1 Å². The van der Waals surface area contributed by atoms with E-state index >= 15 is 0 Å². The van der Waals surface area contributed by atoms with E-state index in [1.807, 2.05) is 0 Å². The van der Waals surface area contributed by atoms with Crippen LogP contribution in [0.2, 0.25) is 0 Å². The molecule has 9 aromatic rings. The maximum absolute atomic E-state index is 2.45. The third-order valence-electron chi connectivity index (χ3n) is 10.1. The first-order chi connectivity index (χ1) is 25.6. The van der Waals surface area contributed by atoms with Crippen molar-refractivity contribution in [1.29, 1.82) is 0 Å². The molecule has 9 rings (SSSR count). The molecule has 52 heavy (non-hydrogen) atoms. The lowest BCUT2D eigenvalue weighted by Crippen LogP contribution is -2.10. The molecule has 0 unspecified atom stereocenters. The van der Waals surface area contributed by atoms with Gasteiger partial charge in [0.2, 0.25) is 0 Å². The van der Waals surface area contributed by atoms with Gasteiger partial charge in [0.15, 0.2) is 0 Å². The van der Waals surface area contributed by atoms with E-state index in [1.54, 1.807) is 0 Å². The summed E-state index contributed by atoms with van der Waals surface area (Å²) in [5, 5.41) is 2.43. The number of fused-ring (bicyclic) bond motifs is 3. The van der Waals surface area contributed by atoms with Crippen molar-refractivity contribution in [2.45, 2.75) is 13.8 Å². The predicted octanol–water partition coefficient (Wildman–Crippen LogP) is 13.9. The van der Waals surface area contributed by atoms with E-state index in [0.29, 0.717) is 0 Å². The zero-order valence-electron chi connectivity index (χ0n) is 29.4. The van der Waals surface area contributed by atoms with Gasteiger partial charge in [-0.05, 0) is 90.2 Å². The largest absolute Gasteiger partial charge is 0.310 e. The fraction of sp³-hybridized carbons (Fsp3) is 0.0400. The van der Waals surface area contributed by atoms with Gasteiger partial charge in [0.1, 0.15) is 0 Å². The van der Waals surface area contributed by atoms with Crippen molar-refractivity contribution in [2.24, 2.45) is 0 Å². The van der Waals surface area contributed by atoms with Crippen molar-refractivity contribution in [3.05, 3.63) is 205 Å². The van der Waals surface area contributed by atoms with E-state index in [2.05, 4.69) is 217 Å². The van der Waals surface area contributed by atoms with Crippen LogP contribution in [-0.2, 0) is 0 Å². The summed E-state index contributed by atoms with van der Waals surface area (Å²) in [6.45, 7) is 4.36. The highest BCUT2D eigenvalue weighted by atomic mass is 15.1. The summed E-state index contributed by atoms with van der Waals surface area (Å²) < 4.78 is 2.45. The van der Waals surface area contributed by atoms with Crippen molar-refractivity contribution in [2.75, 3.05) is 4.90 Å². The summed E-state index contributed by atoms with van der Waals surface area (Å²) in [7, 11) is 0. The number of para-hydroxylation sites is 2. The van der Waals surface area contributed by atoms with E-state index in [0.717, 1.165) is 17.1 Å². The molecule has 248 valence electrons. The zero-order chi connectivity index (χ0) is 35.0. The molecule has 1 aromatic heterocycles. The first-order valence-electron chi connectivity index (χ1n) is 17.9. The topological polar surface area (TPSA) is 8.17 Å². The van der Waals surface area contributed by atoms with Crippen LogP contribution in [-0.4, -0.2) is 4.57 Å². The van der Waals surface area contributed by atoms with Gasteiger partial charge < -0.3 is 9.47 Å². The van der Waals surface area contributed by atoms with Gasteiger partial charge in [0.25, 0.3) is 0 Å². The third kappa shape index (κ3) is 5.65. The standard InChI is InChI=1S/C50H38N2/c1-35-32-36(2)34-41(33-35)44-18-9-11-20-46(44)52-47-21-12-10-19-45(47)50-48(22-13-23-49(50)52)51(42-28-24-39(25-29-42)37-14-5-3-6-15-37)43-30-26-40(27-31-43)38-16-7-4-8-17-38/h3-34H,1-2H3. The number of benzene rings is 8. The molecule has 2 nitrogen and oxygen atoms in total. The molecule has 0 saturated heterocycles. The van der Waals surface area contributed by atoms with Crippen LogP contribution in [0.4, 0.5) is 17.1 Å². The van der Waals surface area contributed by atoms with Crippen LogP contribution in [0.5, 0.6) is 0 Å². The molecular weight excluding hydrogens is 629 g/mol. The van der Waals surface area contributed by atoms with Crippen LogP contribution in [0, 0.1) is 13.8 Å². The molecule has 0 amide bonds. The molecular formula is C50H38N2. The minimum atomic E-state index is 1.10. The molecule has 0 bridgehead atoms. The van der Waals surface area contributed by atoms with Gasteiger partial charge in [0.05, 0.1) is 22.4 Å². The van der Waals surface area contributed by atoms with Gasteiger partial charge in [-0.2, -0.15) is 0 Å². The third-order valence-corrected chi connectivity index (χ3v) is 10.1. The van der Waals surface area contributed by atoms with Gasteiger partial charge in [0, 0.05) is 27.7 Å². The van der Waals surface area contributed by atoms with Crippen molar-refractivity contribution < 1.29 is 0 Å². The predicted molar refractivity (Wildman–Crippen MR) is 221 cm³/mol. The van der Waals surface area contributed by atoms with Crippen LogP contribution in [0.1, 0.15) is 11.1 Å². The Balaban J connectivity index is 1.27. The van der Waals surface area contributed by atoms with Gasteiger partial charge in [-0.15, -0.1) is 0 Å². The highest BCUT2D eigenvalue weighted by Gasteiger charge is 2.22. The molecule has 0 fully saturated rings. The number of hydrogen-bond donors (Lipinski definition) is 0. The summed E-state index contributed by atoms with van der Waals surface area (Å²) in [5.74, 6) is 0. The van der Waals surface area contributed by atoms with Gasteiger partial charge in [-0.25, -0.2) is 0 Å². The maximum atomic E-state index is 2.45. The summed E-state index contributed by atoms with van der Waals surface area (Å²) in [4.78, 5) is 2.42. The Morgan fingerprint density at radius 1 is 0.385 bits per heavy atom. The first kappa shape index (κ1) is 31.3. The highest BCUT2D eigenvalue weighted by molar-refractivity contribution is 6.17. The first-order valence-corrected chi connectivity index (χ1v) is 17.9. The van der Waals surface area contributed by atoms with Crippen molar-refractivity contribution >= 4 is 38.9 Å². The smallest absolute Gasteiger partial charge is 0.0562 e. The van der Waals surface area contributed by atoms with Crippen LogP contribution < -0.4 is 4.90 Å². The quantitative estimate of drug-likeness (QED) is 0.164. The molecule has 2 heteroatoms. The molecule has 0 radical (unpaired) electrons. The van der Waals surface area contributed by atoms with Crippen LogP contribution in [0.3, 0.4) is 0 Å². The van der Waals surface area contributed by atoms with Crippen LogP contribution in [0.15, 0.2) is 194 Å². The molecule has 0 aliphatic carbocycles. The van der Waals surface area contributed by atoms with E-state index < -0.39 is 0 Å². The number of hydrogen-bond acceptors (Lipinski definition) is 1. The molecule has 0 atom stereocenters. The van der Waals surface area contributed by atoms with Crippen molar-refractivity contribution in [3.63, 3.8) is 0 Å². The number of anilines is 3. The number of rotatable bonds is 7. The number of aromatic nitrogens is 1. The molecule has 0 aliphatic heterocycles. The summed E-state index contributed by atoms with van der Waals surface area (Å²) in [6.07, 6.45) is 0. The second-order valence-corrected chi connectivity index (χ2v) is 13.6. The Morgan fingerprint density at radius 2 is 0.885 bits per heavy atom. The van der Waals surface area contributed by atoms with E-state index in [-0.39, 0.29) is 0 Å². The maximum Gasteiger partial charge on any atom is 0.0562 e.